The van der Waals surface area contributed by atoms with Crippen LogP contribution in [0.2, 0.25) is 0 Å². The molecule has 1 aromatic carbocycles. The summed E-state index contributed by atoms with van der Waals surface area (Å²) in [4.78, 5) is 10.9. The van der Waals surface area contributed by atoms with Crippen molar-refractivity contribution in [3.8, 4) is 6.07 Å². The fourth-order valence-corrected chi connectivity index (χ4v) is 1.96. The number of hydrogen-bond donors (Lipinski definition) is 0. The van der Waals surface area contributed by atoms with Crippen LogP contribution in [-0.4, -0.2) is 16.1 Å². The number of nitriles is 1. The monoisotopic (exact) mass is 257 g/mol. The zero-order valence-corrected chi connectivity index (χ0v) is 10.6. The number of carbonyl (C=O) groups is 1. The summed E-state index contributed by atoms with van der Waals surface area (Å²) in [6.07, 6.45) is 0.746. The number of aromatic nitrogens is 2. The van der Waals surface area contributed by atoms with Gasteiger partial charge in [0.25, 0.3) is 0 Å². The zero-order valence-electron chi connectivity index (χ0n) is 10.6. The second kappa shape index (κ2) is 5.02. The SMILES string of the molecule is Cc1nn(Cc2cc(C#N)ccc2F)c(C)c1C=O. The van der Waals surface area contributed by atoms with Crippen LogP contribution in [0.5, 0.6) is 0 Å². The summed E-state index contributed by atoms with van der Waals surface area (Å²) < 4.78 is 15.3. The van der Waals surface area contributed by atoms with Crippen molar-refractivity contribution in [1.29, 1.82) is 5.26 Å². The van der Waals surface area contributed by atoms with Crippen molar-refractivity contribution in [3.63, 3.8) is 0 Å². The topological polar surface area (TPSA) is 58.7 Å². The molecule has 2 rings (SSSR count). The molecule has 1 aromatic heterocycles. The lowest BCUT2D eigenvalue weighted by Crippen LogP contribution is -2.06. The quantitative estimate of drug-likeness (QED) is 0.793. The maximum Gasteiger partial charge on any atom is 0.153 e. The highest BCUT2D eigenvalue weighted by Crippen LogP contribution is 2.15. The highest BCUT2D eigenvalue weighted by molar-refractivity contribution is 5.78. The van der Waals surface area contributed by atoms with E-state index in [2.05, 4.69) is 5.10 Å². The molecule has 0 saturated heterocycles. The van der Waals surface area contributed by atoms with Crippen LogP contribution in [0.1, 0.15) is 32.9 Å². The van der Waals surface area contributed by atoms with Gasteiger partial charge in [0.1, 0.15) is 5.82 Å². The lowest BCUT2D eigenvalue weighted by Gasteiger charge is -2.06. The Bertz CT molecular complexity index is 683. The number of hydrogen-bond acceptors (Lipinski definition) is 3. The van der Waals surface area contributed by atoms with Crippen LogP contribution < -0.4 is 0 Å². The van der Waals surface area contributed by atoms with Crippen LogP contribution >= 0.6 is 0 Å². The predicted molar refractivity (Wildman–Crippen MR) is 67.3 cm³/mol. The van der Waals surface area contributed by atoms with Crippen LogP contribution in [0.4, 0.5) is 4.39 Å². The molecule has 0 amide bonds. The van der Waals surface area contributed by atoms with Gasteiger partial charge in [-0.3, -0.25) is 9.48 Å². The van der Waals surface area contributed by atoms with E-state index in [4.69, 9.17) is 5.26 Å². The summed E-state index contributed by atoms with van der Waals surface area (Å²) in [5, 5.41) is 13.0. The summed E-state index contributed by atoms with van der Waals surface area (Å²) in [7, 11) is 0. The van der Waals surface area contributed by atoms with E-state index in [9.17, 15) is 9.18 Å². The zero-order chi connectivity index (χ0) is 14.0. The molecule has 0 unspecified atom stereocenters. The Morgan fingerprint density at radius 3 is 2.79 bits per heavy atom. The molecule has 0 saturated carbocycles. The first kappa shape index (κ1) is 13.0. The molecule has 5 heteroatoms. The molecule has 96 valence electrons. The van der Waals surface area contributed by atoms with E-state index >= 15 is 0 Å². The molecule has 0 radical (unpaired) electrons. The summed E-state index contributed by atoms with van der Waals surface area (Å²) in [5.41, 5.74) is 2.60. The molecule has 0 spiro atoms. The van der Waals surface area contributed by atoms with Crippen LogP contribution in [0, 0.1) is 31.0 Å². The van der Waals surface area contributed by atoms with E-state index in [1.165, 1.54) is 18.2 Å². The molecule has 0 aliphatic heterocycles. The number of halogens is 1. The van der Waals surface area contributed by atoms with Crippen LogP contribution in [0.15, 0.2) is 18.2 Å². The first-order valence-corrected chi connectivity index (χ1v) is 5.74. The van der Waals surface area contributed by atoms with E-state index in [1.807, 2.05) is 6.07 Å². The predicted octanol–water partition coefficient (Wildman–Crippen LogP) is 2.37. The average Bonchev–Trinajstić information content (AvgIpc) is 2.66. The molecule has 0 atom stereocenters. The summed E-state index contributed by atoms with van der Waals surface area (Å²) >= 11 is 0. The number of benzene rings is 1. The highest BCUT2D eigenvalue weighted by atomic mass is 19.1. The van der Waals surface area contributed by atoms with Gasteiger partial charge in [0.2, 0.25) is 0 Å². The minimum atomic E-state index is -0.390. The Kier molecular flexibility index (Phi) is 3.43. The van der Waals surface area contributed by atoms with E-state index in [-0.39, 0.29) is 12.4 Å². The lowest BCUT2D eigenvalue weighted by atomic mass is 10.1. The van der Waals surface area contributed by atoms with Gasteiger partial charge in [-0.25, -0.2) is 4.39 Å². The molecule has 0 N–H and O–H groups in total. The van der Waals surface area contributed by atoms with E-state index in [1.54, 1.807) is 18.5 Å². The lowest BCUT2D eigenvalue weighted by molar-refractivity contribution is 0.112. The van der Waals surface area contributed by atoms with Crippen molar-refractivity contribution in [2.24, 2.45) is 0 Å². The minimum Gasteiger partial charge on any atom is -0.298 e. The van der Waals surface area contributed by atoms with E-state index < -0.39 is 0 Å². The Hall–Kier alpha value is -2.48. The fourth-order valence-electron chi connectivity index (χ4n) is 1.96. The second-order valence-electron chi connectivity index (χ2n) is 4.28. The van der Waals surface area contributed by atoms with Crippen molar-refractivity contribution in [2.45, 2.75) is 20.4 Å². The summed E-state index contributed by atoms with van der Waals surface area (Å²) in [5.74, 6) is -0.390. The van der Waals surface area contributed by atoms with Gasteiger partial charge in [0, 0.05) is 11.3 Å². The highest BCUT2D eigenvalue weighted by Gasteiger charge is 2.12. The van der Waals surface area contributed by atoms with Crippen molar-refractivity contribution < 1.29 is 9.18 Å². The third-order valence-electron chi connectivity index (χ3n) is 3.05. The van der Waals surface area contributed by atoms with Crippen molar-refractivity contribution in [1.82, 2.24) is 9.78 Å². The molecule has 0 bridgehead atoms. The van der Waals surface area contributed by atoms with Gasteiger partial charge in [0.15, 0.2) is 6.29 Å². The van der Waals surface area contributed by atoms with Crippen LogP contribution in [0.25, 0.3) is 0 Å². The van der Waals surface area contributed by atoms with Gasteiger partial charge in [-0.15, -0.1) is 0 Å². The largest absolute Gasteiger partial charge is 0.298 e. The van der Waals surface area contributed by atoms with Crippen molar-refractivity contribution >= 4 is 6.29 Å². The van der Waals surface area contributed by atoms with Gasteiger partial charge in [-0.2, -0.15) is 10.4 Å². The van der Waals surface area contributed by atoms with Crippen LogP contribution in [0.3, 0.4) is 0 Å². The number of nitrogens with zero attached hydrogens (tertiary/aromatic N) is 3. The van der Waals surface area contributed by atoms with E-state index in [0.29, 0.717) is 28.1 Å². The van der Waals surface area contributed by atoms with Crippen molar-refractivity contribution in [2.75, 3.05) is 0 Å². The van der Waals surface area contributed by atoms with Gasteiger partial charge in [-0.05, 0) is 32.0 Å². The molecular weight excluding hydrogens is 245 g/mol. The van der Waals surface area contributed by atoms with Gasteiger partial charge >= 0.3 is 0 Å². The van der Waals surface area contributed by atoms with Gasteiger partial charge < -0.3 is 0 Å². The third-order valence-corrected chi connectivity index (χ3v) is 3.05. The molecule has 2 aromatic rings. The molecule has 4 nitrogen and oxygen atoms in total. The number of aryl methyl sites for hydroxylation is 1. The Morgan fingerprint density at radius 1 is 1.47 bits per heavy atom. The van der Waals surface area contributed by atoms with Crippen LogP contribution in [-0.2, 0) is 6.54 Å². The summed E-state index contributed by atoms with van der Waals surface area (Å²) in [6.45, 7) is 3.69. The smallest absolute Gasteiger partial charge is 0.153 e. The third kappa shape index (κ3) is 2.38. The summed E-state index contributed by atoms with van der Waals surface area (Å²) in [6, 6.07) is 6.15. The molecular formula is C14H12FN3O. The maximum absolute atomic E-state index is 13.7. The van der Waals surface area contributed by atoms with Gasteiger partial charge in [0.05, 0.1) is 29.4 Å². The Labute approximate surface area is 110 Å². The molecule has 1 heterocycles. The fraction of sp³-hybridized carbons (Fsp3) is 0.214. The first-order chi connectivity index (χ1) is 9.06. The number of aldehydes is 1. The molecule has 0 aliphatic carbocycles. The Morgan fingerprint density at radius 2 is 2.21 bits per heavy atom. The standard InChI is InChI=1S/C14H12FN3O/c1-9-13(8-19)10(2)18(17-9)7-12-5-11(6-16)3-4-14(12)15/h3-5,8H,7H2,1-2H3. The Balaban J connectivity index is 2.42. The maximum atomic E-state index is 13.7. The normalized spacial score (nSPS) is 10.2. The minimum absolute atomic E-state index is 0.196. The first-order valence-electron chi connectivity index (χ1n) is 5.74. The van der Waals surface area contributed by atoms with Gasteiger partial charge in [-0.1, -0.05) is 0 Å². The molecule has 0 fully saturated rings. The van der Waals surface area contributed by atoms with E-state index in [0.717, 1.165) is 6.29 Å². The molecule has 19 heavy (non-hydrogen) atoms. The molecule has 0 aliphatic rings. The second-order valence-corrected chi connectivity index (χ2v) is 4.28. The van der Waals surface area contributed by atoms with Crippen molar-refractivity contribution in [3.05, 3.63) is 52.1 Å². The number of rotatable bonds is 3. The number of carbonyl (C=O) groups excluding carboxylic acids is 1. The average molecular weight is 257 g/mol.